The summed E-state index contributed by atoms with van der Waals surface area (Å²) >= 11 is 0. The van der Waals surface area contributed by atoms with Crippen LogP contribution >= 0.6 is 0 Å². The number of aliphatic hydroxyl groups is 2. The lowest BCUT2D eigenvalue weighted by Crippen LogP contribution is -2.58. The monoisotopic (exact) mass is 373 g/mol. The molecule has 3 N–H and O–H groups in total. The molecule has 0 spiro atoms. The van der Waals surface area contributed by atoms with Crippen molar-refractivity contribution in [3.05, 3.63) is 29.3 Å². The van der Waals surface area contributed by atoms with Crippen molar-refractivity contribution in [2.24, 2.45) is 5.92 Å². The average Bonchev–Trinajstić information content (AvgIpc) is 2.92. The van der Waals surface area contributed by atoms with Gasteiger partial charge in [0.2, 0.25) is 0 Å². The van der Waals surface area contributed by atoms with Crippen LogP contribution in [0.1, 0.15) is 46.4 Å². The highest BCUT2D eigenvalue weighted by molar-refractivity contribution is 6.22. The Bertz CT molecular complexity index is 775. The zero-order chi connectivity index (χ0) is 19.1. The van der Waals surface area contributed by atoms with E-state index >= 15 is 0 Å². The predicted octanol–water partition coefficient (Wildman–Crippen LogP) is 0.0867. The van der Waals surface area contributed by atoms with E-state index in [9.17, 15) is 24.6 Å². The van der Waals surface area contributed by atoms with E-state index in [0.717, 1.165) is 42.8 Å². The van der Waals surface area contributed by atoms with E-state index in [2.05, 4.69) is 10.2 Å². The third-order valence-corrected chi connectivity index (χ3v) is 5.79. The number of anilines is 1. The van der Waals surface area contributed by atoms with Gasteiger partial charge in [0, 0.05) is 24.7 Å². The molecule has 0 radical (unpaired) electrons. The molecule has 1 aromatic rings. The molecule has 0 aromatic heterocycles. The standard InChI is InChI=1S/C19H23N3O5/c23-10-11-5-7-21(8-6-11)12-1-2-13-14(9-12)19(27)22(18(13)26)15-3-4-16(24)20-17(15)25/h1-2,9-11,15-17,20,24-25H,3-8H2. The molecule has 1 aromatic carbocycles. The summed E-state index contributed by atoms with van der Waals surface area (Å²) in [5.41, 5.74) is 1.54. The minimum Gasteiger partial charge on any atom is -0.379 e. The summed E-state index contributed by atoms with van der Waals surface area (Å²) in [6.07, 6.45) is 1.26. The van der Waals surface area contributed by atoms with Crippen LogP contribution in [0.15, 0.2) is 18.2 Å². The number of hydrogen-bond acceptors (Lipinski definition) is 7. The molecule has 2 fully saturated rings. The Morgan fingerprint density at radius 1 is 1.00 bits per heavy atom. The molecule has 3 heterocycles. The highest BCUT2D eigenvalue weighted by Crippen LogP contribution is 2.32. The molecule has 0 bridgehead atoms. The van der Waals surface area contributed by atoms with Gasteiger partial charge in [-0.1, -0.05) is 0 Å². The summed E-state index contributed by atoms with van der Waals surface area (Å²) in [5, 5.41) is 22.3. The Balaban J connectivity index is 1.56. The zero-order valence-corrected chi connectivity index (χ0v) is 14.9. The van der Waals surface area contributed by atoms with Gasteiger partial charge in [0.05, 0.1) is 17.2 Å². The number of benzene rings is 1. The number of rotatable bonds is 3. The lowest BCUT2D eigenvalue weighted by Gasteiger charge is -2.36. The van der Waals surface area contributed by atoms with Gasteiger partial charge in [-0.2, -0.15) is 0 Å². The van der Waals surface area contributed by atoms with E-state index in [1.165, 1.54) is 0 Å². The smallest absolute Gasteiger partial charge is 0.262 e. The SMILES string of the molecule is O=CC1CCN(c2ccc3c(c2)C(=O)N(C2CCC(O)NC2O)C3=O)CC1. The first-order valence-electron chi connectivity index (χ1n) is 9.34. The number of nitrogens with zero attached hydrogens (tertiary/aromatic N) is 2. The summed E-state index contributed by atoms with van der Waals surface area (Å²) in [5.74, 6) is -0.740. The topological polar surface area (TPSA) is 110 Å². The summed E-state index contributed by atoms with van der Waals surface area (Å²) in [4.78, 5) is 39.8. The quantitative estimate of drug-likeness (QED) is 0.509. The number of amides is 2. The fourth-order valence-corrected chi connectivity index (χ4v) is 4.19. The second kappa shape index (κ2) is 7.03. The number of aldehydes is 1. The van der Waals surface area contributed by atoms with Gasteiger partial charge in [0.25, 0.3) is 11.8 Å². The number of carbonyl (C=O) groups excluding carboxylic acids is 3. The molecule has 0 aliphatic carbocycles. The lowest BCUT2D eigenvalue weighted by atomic mass is 9.97. The molecular formula is C19H23N3O5. The van der Waals surface area contributed by atoms with Gasteiger partial charge in [-0.15, -0.1) is 0 Å². The Kier molecular flexibility index (Phi) is 4.71. The molecule has 2 saturated heterocycles. The maximum absolute atomic E-state index is 12.9. The molecule has 0 saturated carbocycles. The normalized spacial score (nSPS) is 29.2. The number of fused-ring (bicyclic) bond motifs is 1. The van der Waals surface area contributed by atoms with Crippen molar-refractivity contribution in [1.82, 2.24) is 10.2 Å². The van der Waals surface area contributed by atoms with E-state index in [1.54, 1.807) is 12.1 Å². The molecular weight excluding hydrogens is 350 g/mol. The van der Waals surface area contributed by atoms with Crippen molar-refractivity contribution < 1.29 is 24.6 Å². The Morgan fingerprint density at radius 3 is 2.37 bits per heavy atom. The van der Waals surface area contributed by atoms with Crippen LogP contribution in [0.3, 0.4) is 0 Å². The first kappa shape index (κ1) is 18.1. The fraction of sp³-hybridized carbons (Fsp3) is 0.526. The second-order valence-electron chi connectivity index (χ2n) is 7.44. The molecule has 4 rings (SSSR count). The first-order chi connectivity index (χ1) is 13.0. The van der Waals surface area contributed by atoms with Crippen LogP contribution in [-0.4, -0.2) is 64.8 Å². The van der Waals surface area contributed by atoms with E-state index < -0.39 is 30.3 Å². The summed E-state index contributed by atoms with van der Waals surface area (Å²) in [6.45, 7) is 1.47. The van der Waals surface area contributed by atoms with Crippen LogP contribution in [0.5, 0.6) is 0 Å². The molecule has 27 heavy (non-hydrogen) atoms. The third-order valence-electron chi connectivity index (χ3n) is 5.79. The molecule has 8 nitrogen and oxygen atoms in total. The summed E-state index contributed by atoms with van der Waals surface area (Å²) in [6, 6.07) is 4.52. The second-order valence-corrected chi connectivity index (χ2v) is 7.44. The van der Waals surface area contributed by atoms with E-state index in [0.29, 0.717) is 24.0 Å². The van der Waals surface area contributed by atoms with Crippen molar-refractivity contribution in [3.63, 3.8) is 0 Å². The molecule has 8 heteroatoms. The number of carbonyl (C=O) groups is 3. The van der Waals surface area contributed by atoms with Crippen LogP contribution < -0.4 is 10.2 Å². The van der Waals surface area contributed by atoms with Crippen molar-refractivity contribution in [2.75, 3.05) is 18.0 Å². The number of aliphatic hydroxyl groups excluding tert-OH is 2. The number of imide groups is 1. The minimum atomic E-state index is -1.15. The van der Waals surface area contributed by atoms with Crippen molar-refractivity contribution in [3.8, 4) is 0 Å². The average molecular weight is 373 g/mol. The van der Waals surface area contributed by atoms with E-state index in [4.69, 9.17) is 0 Å². The molecule has 144 valence electrons. The lowest BCUT2D eigenvalue weighted by molar-refractivity contribution is -0.111. The maximum atomic E-state index is 12.9. The van der Waals surface area contributed by atoms with Gasteiger partial charge in [-0.25, -0.2) is 0 Å². The van der Waals surface area contributed by atoms with Crippen LogP contribution in [0, 0.1) is 5.92 Å². The van der Waals surface area contributed by atoms with Crippen LogP contribution in [0.4, 0.5) is 5.69 Å². The highest BCUT2D eigenvalue weighted by Gasteiger charge is 2.44. The van der Waals surface area contributed by atoms with Crippen LogP contribution in [0.2, 0.25) is 0 Å². The van der Waals surface area contributed by atoms with Crippen molar-refractivity contribution >= 4 is 23.8 Å². The van der Waals surface area contributed by atoms with Gasteiger partial charge in [0.1, 0.15) is 18.7 Å². The minimum absolute atomic E-state index is 0.0880. The number of piperidine rings is 2. The Morgan fingerprint density at radius 2 is 1.70 bits per heavy atom. The van der Waals surface area contributed by atoms with Crippen LogP contribution in [-0.2, 0) is 4.79 Å². The predicted molar refractivity (Wildman–Crippen MR) is 96.1 cm³/mol. The van der Waals surface area contributed by atoms with E-state index in [1.807, 2.05) is 6.07 Å². The highest BCUT2D eigenvalue weighted by atomic mass is 16.3. The third kappa shape index (κ3) is 3.13. The van der Waals surface area contributed by atoms with Gasteiger partial charge >= 0.3 is 0 Å². The summed E-state index contributed by atoms with van der Waals surface area (Å²) in [7, 11) is 0. The van der Waals surface area contributed by atoms with Gasteiger partial charge < -0.3 is 19.9 Å². The van der Waals surface area contributed by atoms with Crippen LogP contribution in [0.25, 0.3) is 0 Å². The number of nitrogens with one attached hydrogen (secondary N) is 1. The molecule has 3 aliphatic rings. The van der Waals surface area contributed by atoms with Crippen molar-refractivity contribution in [2.45, 2.75) is 44.2 Å². The van der Waals surface area contributed by atoms with Gasteiger partial charge in [-0.05, 0) is 43.9 Å². The summed E-state index contributed by atoms with van der Waals surface area (Å²) < 4.78 is 0. The largest absolute Gasteiger partial charge is 0.379 e. The van der Waals surface area contributed by atoms with Gasteiger partial charge in [-0.3, -0.25) is 19.8 Å². The zero-order valence-electron chi connectivity index (χ0n) is 14.9. The Hall–Kier alpha value is -2.29. The number of hydrogen-bond donors (Lipinski definition) is 3. The molecule has 3 atom stereocenters. The Labute approximate surface area is 156 Å². The molecule has 2 amide bonds. The maximum Gasteiger partial charge on any atom is 0.262 e. The van der Waals surface area contributed by atoms with Crippen molar-refractivity contribution in [1.29, 1.82) is 0 Å². The van der Waals surface area contributed by atoms with E-state index in [-0.39, 0.29) is 5.92 Å². The fourth-order valence-electron chi connectivity index (χ4n) is 4.19. The molecule has 3 aliphatic heterocycles. The van der Waals surface area contributed by atoms with Gasteiger partial charge in [0.15, 0.2) is 0 Å². The molecule has 3 unspecified atom stereocenters. The first-order valence-corrected chi connectivity index (χ1v) is 9.34.